The molecule has 0 aromatic heterocycles. The maximum atomic E-state index is 13.1. The minimum atomic E-state index is -0.516. The van der Waals surface area contributed by atoms with E-state index in [-0.39, 0.29) is 0 Å². The highest BCUT2D eigenvalue weighted by Crippen LogP contribution is 2.30. The minimum Gasteiger partial charge on any atom is -0.489 e. The zero-order valence-electron chi connectivity index (χ0n) is 12.1. The molecule has 3 heteroatoms. The second-order valence-electron chi connectivity index (χ2n) is 4.67. The first-order valence-corrected chi connectivity index (χ1v) is 7.54. The van der Waals surface area contributed by atoms with E-state index >= 15 is 0 Å². The van der Waals surface area contributed by atoms with Crippen LogP contribution in [0.2, 0.25) is 0 Å². The molecule has 22 heavy (non-hydrogen) atoms. The second kappa shape index (κ2) is 7.76. The molecule has 112 valence electrons. The van der Waals surface area contributed by atoms with Crippen molar-refractivity contribution < 1.29 is 9.13 Å². The molecule has 0 aliphatic rings. The maximum Gasteiger partial charge on any atom is 0.120 e. The normalized spacial score (nSPS) is 11.1. The van der Waals surface area contributed by atoms with Crippen LogP contribution in [0.3, 0.4) is 0 Å². The van der Waals surface area contributed by atoms with Gasteiger partial charge in [-0.2, -0.15) is 0 Å². The summed E-state index contributed by atoms with van der Waals surface area (Å²) in [6.45, 7) is 7.45. The first-order chi connectivity index (χ1) is 10.6. The van der Waals surface area contributed by atoms with Gasteiger partial charge in [-0.1, -0.05) is 65.5 Å². The standard InChI is InChI=1S/C19H16BrFO/c1-3-16(11-14(2)21)18-12-17(9-10-19(18)20)22-13-15-7-5-4-6-8-15/h3-12H,1-2,13H2/b16-11+. The second-order valence-corrected chi connectivity index (χ2v) is 5.52. The molecular weight excluding hydrogens is 343 g/mol. The quantitative estimate of drug-likeness (QED) is 0.568. The molecule has 2 aromatic rings. The Morgan fingerprint density at radius 2 is 1.91 bits per heavy atom. The van der Waals surface area contributed by atoms with Gasteiger partial charge in [-0.15, -0.1) is 0 Å². The molecule has 0 atom stereocenters. The van der Waals surface area contributed by atoms with Crippen molar-refractivity contribution in [3.8, 4) is 5.75 Å². The van der Waals surface area contributed by atoms with Crippen LogP contribution in [0.5, 0.6) is 5.75 Å². The Balaban J connectivity index is 2.23. The lowest BCUT2D eigenvalue weighted by molar-refractivity contribution is 0.306. The van der Waals surface area contributed by atoms with Crippen molar-refractivity contribution in [3.05, 3.63) is 95.3 Å². The van der Waals surface area contributed by atoms with Crippen molar-refractivity contribution in [3.63, 3.8) is 0 Å². The lowest BCUT2D eigenvalue weighted by Crippen LogP contribution is -1.96. The SMILES string of the molecule is C=C/C(=C\C(=C)F)c1cc(OCc2ccccc2)ccc1Br. The van der Waals surface area contributed by atoms with E-state index in [1.807, 2.05) is 48.5 Å². The van der Waals surface area contributed by atoms with Gasteiger partial charge in [0.1, 0.15) is 18.2 Å². The van der Waals surface area contributed by atoms with Crippen LogP contribution in [-0.2, 0) is 6.61 Å². The van der Waals surface area contributed by atoms with Crippen molar-refractivity contribution in [2.24, 2.45) is 0 Å². The van der Waals surface area contributed by atoms with E-state index in [0.717, 1.165) is 15.6 Å². The maximum absolute atomic E-state index is 13.1. The fraction of sp³-hybridized carbons (Fsp3) is 0.0526. The van der Waals surface area contributed by atoms with Crippen molar-refractivity contribution >= 4 is 21.5 Å². The van der Waals surface area contributed by atoms with E-state index in [9.17, 15) is 4.39 Å². The molecule has 0 fully saturated rings. The van der Waals surface area contributed by atoms with Gasteiger partial charge in [0.15, 0.2) is 0 Å². The summed E-state index contributed by atoms with van der Waals surface area (Å²) in [6, 6.07) is 15.5. The predicted octanol–water partition coefficient (Wildman–Crippen LogP) is 6.08. The third-order valence-electron chi connectivity index (χ3n) is 3.03. The van der Waals surface area contributed by atoms with Crippen LogP contribution in [0.4, 0.5) is 4.39 Å². The molecule has 2 rings (SSSR count). The van der Waals surface area contributed by atoms with E-state index in [4.69, 9.17) is 4.74 Å². The molecule has 0 radical (unpaired) electrons. The number of hydrogen-bond acceptors (Lipinski definition) is 1. The number of halogens is 2. The molecule has 0 saturated carbocycles. The molecular formula is C19H16BrFO. The van der Waals surface area contributed by atoms with Crippen LogP contribution in [0.15, 0.2) is 84.1 Å². The van der Waals surface area contributed by atoms with E-state index < -0.39 is 5.83 Å². The molecule has 0 amide bonds. The zero-order valence-corrected chi connectivity index (χ0v) is 13.6. The third kappa shape index (κ3) is 4.43. The van der Waals surface area contributed by atoms with Crippen molar-refractivity contribution in [1.82, 2.24) is 0 Å². The van der Waals surface area contributed by atoms with Crippen LogP contribution in [0.1, 0.15) is 11.1 Å². The lowest BCUT2D eigenvalue weighted by atomic mass is 10.1. The fourth-order valence-electron chi connectivity index (χ4n) is 1.97. The van der Waals surface area contributed by atoms with Crippen molar-refractivity contribution in [2.75, 3.05) is 0 Å². The highest BCUT2D eigenvalue weighted by Gasteiger charge is 2.07. The summed E-state index contributed by atoms with van der Waals surface area (Å²) in [5, 5.41) is 0. The number of benzene rings is 2. The van der Waals surface area contributed by atoms with Crippen LogP contribution >= 0.6 is 15.9 Å². The number of rotatable bonds is 6. The highest BCUT2D eigenvalue weighted by molar-refractivity contribution is 9.10. The van der Waals surface area contributed by atoms with Gasteiger partial charge in [-0.25, -0.2) is 4.39 Å². The summed E-state index contributed by atoms with van der Waals surface area (Å²) in [6.07, 6.45) is 2.93. The highest BCUT2D eigenvalue weighted by atomic mass is 79.9. The van der Waals surface area contributed by atoms with Gasteiger partial charge in [-0.3, -0.25) is 0 Å². The molecule has 0 heterocycles. The van der Waals surface area contributed by atoms with Gasteiger partial charge in [0.05, 0.1) is 0 Å². The van der Waals surface area contributed by atoms with Gasteiger partial charge in [0, 0.05) is 4.47 Å². The molecule has 0 aliphatic heterocycles. The molecule has 0 aliphatic carbocycles. The summed E-state index contributed by atoms with van der Waals surface area (Å²) in [7, 11) is 0. The molecule has 0 N–H and O–H groups in total. The Bertz CT molecular complexity index is 705. The molecule has 0 unspecified atom stereocenters. The Kier molecular flexibility index (Phi) is 5.73. The average molecular weight is 359 g/mol. The van der Waals surface area contributed by atoms with Crippen LogP contribution in [0.25, 0.3) is 5.57 Å². The number of hydrogen-bond donors (Lipinski definition) is 0. The molecule has 0 saturated heterocycles. The first kappa shape index (κ1) is 16.2. The Hall–Kier alpha value is -2.13. The summed E-state index contributed by atoms with van der Waals surface area (Å²) in [5.41, 5.74) is 2.53. The van der Waals surface area contributed by atoms with Gasteiger partial charge in [0.2, 0.25) is 0 Å². The van der Waals surface area contributed by atoms with E-state index in [2.05, 4.69) is 29.1 Å². The van der Waals surface area contributed by atoms with Crippen molar-refractivity contribution in [1.29, 1.82) is 0 Å². The van der Waals surface area contributed by atoms with E-state index in [1.165, 1.54) is 6.08 Å². The number of ether oxygens (including phenoxy) is 1. The summed E-state index contributed by atoms with van der Waals surface area (Å²) in [4.78, 5) is 0. The Morgan fingerprint density at radius 1 is 1.18 bits per heavy atom. The van der Waals surface area contributed by atoms with Crippen LogP contribution in [-0.4, -0.2) is 0 Å². The molecule has 1 nitrogen and oxygen atoms in total. The monoisotopic (exact) mass is 358 g/mol. The minimum absolute atomic E-state index is 0.477. The van der Waals surface area contributed by atoms with Gasteiger partial charge >= 0.3 is 0 Å². The third-order valence-corrected chi connectivity index (χ3v) is 3.72. The Morgan fingerprint density at radius 3 is 2.55 bits per heavy atom. The van der Waals surface area contributed by atoms with Gasteiger partial charge in [0.25, 0.3) is 0 Å². The zero-order chi connectivity index (χ0) is 15.9. The average Bonchev–Trinajstić information content (AvgIpc) is 2.53. The molecule has 2 aromatic carbocycles. The summed E-state index contributed by atoms with van der Waals surface area (Å²) in [5.74, 6) is 0.191. The summed E-state index contributed by atoms with van der Waals surface area (Å²) >= 11 is 3.46. The van der Waals surface area contributed by atoms with Crippen LogP contribution < -0.4 is 4.74 Å². The largest absolute Gasteiger partial charge is 0.489 e. The smallest absolute Gasteiger partial charge is 0.120 e. The lowest BCUT2D eigenvalue weighted by Gasteiger charge is -2.11. The first-order valence-electron chi connectivity index (χ1n) is 6.75. The number of allylic oxidation sites excluding steroid dienone is 4. The fourth-order valence-corrected chi connectivity index (χ4v) is 2.45. The summed E-state index contributed by atoms with van der Waals surface area (Å²) < 4.78 is 19.7. The Labute approximate surface area is 138 Å². The van der Waals surface area contributed by atoms with Crippen LogP contribution in [0, 0.1) is 0 Å². The molecule has 0 bridgehead atoms. The topological polar surface area (TPSA) is 9.23 Å². The van der Waals surface area contributed by atoms with E-state index in [0.29, 0.717) is 17.9 Å². The van der Waals surface area contributed by atoms with Gasteiger partial charge in [-0.05, 0) is 41.0 Å². The van der Waals surface area contributed by atoms with E-state index in [1.54, 1.807) is 6.08 Å². The predicted molar refractivity (Wildman–Crippen MR) is 93.3 cm³/mol. The van der Waals surface area contributed by atoms with Gasteiger partial charge < -0.3 is 4.74 Å². The van der Waals surface area contributed by atoms with Crippen molar-refractivity contribution in [2.45, 2.75) is 6.61 Å². The molecule has 0 spiro atoms.